The molecule has 1 aliphatic heterocycles. The van der Waals surface area contributed by atoms with Crippen LogP contribution in [0.3, 0.4) is 0 Å². The van der Waals surface area contributed by atoms with E-state index < -0.39 is 0 Å². The summed E-state index contributed by atoms with van der Waals surface area (Å²) in [7, 11) is 0. The van der Waals surface area contributed by atoms with Crippen molar-refractivity contribution in [1.82, 2.24) is 10.2 Å². The molecule has 2 rings (SSSR count). The summed E-state index contributed by atoms with van der Waals surface area (Å²) in [5.74, 6) is 0. The molecule has 0 bridgehead atoms. The molecule has 3 heteroatoms. The van der Waals surface area contributed by atoms with Crippen molar-refractivity contribution in [2.24, 2.45) is 0 Å². The van der Waals surface area contributed by atoms with Crippen molar-refractivity contribution in [3.05, 3.63) is 0 Å². The van der Waals surface area contributed by atoms with Gasteiger partial charge in [-0.1, -0.05) is 6.92 Å². The lowest BCUT2D eigenvalue weighted by Gasteiger charge is -2.32. The smallest absolute Gasteiger partial charge is 0.0282 e. The largest absolute Gasteiger partial charge is 0.313 e. The van der Waals surface area contributed by atoms with Gasteiger partial charge >= 0.3 is 0 Å². The number of thioether (sulfide) groups is 1. The quantitative estimate of drug-likeness (QED) is 0.774. The fourth-order valence-electron chi connectivity index (χ4n) is 2.38. The van der Waals surface area contributed by atoms with Gasteiger partial charge in [0.15, 0.2) is 0 Å². The van der Waals surface area contributed by atoms with Crippen LogP contribution in [-0.4, -0.2) is 48.1 Å². The lowest BCUT2D eigenvalue weighted by atomic mass is 10.1. The zero-order valence-electron chi connectivity index (χ0n) is 10.1. The van der Waals surface area contributed by atoms with Gasteiger partial charge < -0.3 is 10.2 Å². The lowest BCUT2D eigenvalue weighted by molar-refractivity contribution is 0.206. The van der Waals surface area contributed by atoms with Crippen LogP contribution in [0.4, 0.5) is 0 Å². The average Bonchev–Trinajstić information content (AvgIpc) is 3.08. The molecule has 88 valence electrons. The van der Waals surface area contributed by atoms with E-state index in [1.54, 1.807) is 0 Å². The van der Waals surface area contributed by atoms with Gasteiger partial charge in [-0.05, 0) is 51.6 Å². The summed E-state index contributed by atoms with van der Waals surface area (Å²) >= 11 is 2.06. The van der Waals surface area contributed by atoms with Gasteiger partial charge in [-0.25, -0.2) is 0 Å². The van der Waals surface area contributed by atoms with Gasteiger partial charge in [-0.2, -0.15) is 11.8 Å². The second-order valence-electron chi connectivity index (χ2n) is 4.98. The van der Waals surface area contributed by atoms with Crippen molar-refractivity contribution >= 4 is 11.8 Å². The van der Waals surface area contributed by atoms with Gasteiger partial charge in [-0.3, -0.25) is 0 Å². The predicted octanol–water partition coefficient (Wildman–Crippen LogP) is 1.96. The standard InChI is InChI=1S/C12H24N2S/c1-3-14-8-4-11(5-9-14)13-10-12(15-2)6-7-12/h11,13H,3-10H2,1-2H3. The maximum absolute atomic E-state index is 3.77. The summed E-state index contributed by atoms with van der Waals surface area (Å²) in [6.45, 7) is 7.31. The Morgan fingerprint density at radius 2 is 2.00 bits per heavy atom. The molecule has 0 unspecified atom stereocenters. The summed E-state index contributed by atoms with van der Waals surface area (Å²) in [6, 6.07) is 0.789. The van der Waals surface area contributed by atoms with Crippen molar-refractivity contribution < 1.29 is 0 Å². The average molecular weight is 228 g/mol. The molecule has 0 aromatic rings. The molecule has 1 heterocycles. The van der Waals surface area contributed by atoms with Crippen molar-refractivity contribution in [3.63, 3.8) is 0 Å². The second kappa shape index (κ2) is 5.07. The third-order valence-corrected chi connectivity index (χ3v) is 5.41. The van der Waals surface area contributed by atoms with E-state index in [1.165, 1.54) is 51.9 Å². The highest BCUT2D eigenvalue weighted by molar-refractivity contribution is 8.00. The molecule has 2 fully saturated rings. The fourth-order valence-corrected chi connectivity index (χ4v) is 3.11. The number of nitrogens with zero attached hydrogens (tertiary/aromatic N) is 1. The number of hydrogen-bond acceptors (Lipinski definition) is 3. The summed E-state index contributed by atoms with van der Waals surface area (Å²) in [5.41, 5.74) is 0. The molecular formula is C12H24N2S. The van der Waals surface area contributed by atoms with Crippen LogP contribution in [0.15, 0.2) is 0 Å². The Bertz CT molecular complexity index is 196. The Labute approximate surface area is 98.2 Å². The highest BCUT2D eigenvalue weighted by Crippen LogP contribution is 2.46. The molecule has 1 aliphatic carbocycles. The molecule has 15 heavy (non-hydrogen) atoms. The SMILES string of the molecule is CCN1CCC(NCC2(SC)CC2)CC1. The van der Waals surface area contributed by atoms with E-state index in [-0.39, 0.29) is 0 Å². The molecule has 0 radical (unpaired) electrons. The number of rotatable bonds is 5. The third-order valence-electron chi connectivity index (χ3n) is 3.99. The summed E-state index contributed by atoms with van der Waals surface area (Å²) in [5, 5.41) is 3.77. The third kappa shape index (κ3) is 3.11. The first-order valence-electron chi connectivity index (χ1n) is 6.29. The molecule has 2 nitrogen and oxygen atoms in total. The topological polar surface area (TPSA) is 15.3 Å². The molecule has 0 aromatic carbocycles. The van der Waals surface area contributed by atoms with Crippen LogP contribution in [-0.2, 0) is 0 Å². The lowest BCUT2D eigenvalue weighted by Crippen LogP contribution is -2.44. The van der Waals surface area contributed by atoms with Crippen LogP contribution >= 0.6 is 11.8 Å². The fraction of sp³-hybridized carbons (Fsp3) is 1.00. The number of hydrogen-bond donors (Lipinski definition) is 1. The molecule has 0 spiro atoms. The van der Waals surface area contributed by atoms with Gasteiger partial charge in [-0.15, -0.1) is 0 Å². The van der Waals surface area contributed by atoms with E-state index in [1.807, 2.05) is 0 Å². The summed E-state index contributed by atoms with van der Waals surface area (Å²) < 4.78 is 0.627. The first-order chi connectivity index (χ1) is 7.28. The van der Waals surface area contributed by atoms with Crippen molar-refractivity contribution in [1.29, 1.82) is 0 Å². The Morgan fingerprint density at radius 3 is 2.47 bits per heavy atom. The van der Waals surface area contributed by atoms with Gasteiger partial charge in [0.1, 0.15) is 0 Å². The normalized spacial score (nSPS) is 26.8. The number of piperidine rings is 1. The minimum Gasteiger partial charge on any atom is -0.313 e. The molecule has 0 atom stereocenters. The summed E-state index contributed by atoms with van der Waals surface area (Å²) in [6.07, 6.45) is 7.80. The van der Waals surface area contributed by atoms with E-state index in [4.69, 9.17) is 0 Å². The molecule has 2 aliphatic rings. The molecule has 1 saturated carbocycles. The van der Waals surface area contributed by atoms with Gasteiger partial charge in [0, 0.05) is 17.3 Å². The first kappa shape index (κ1) is 11.7. The van der Waals surface area contributed by atoms with Crippen LogP contribution in [0, 0.1) is 0 Å². The highest BCUT2D eigenvalue weighted by atomic mass is 32.2. The van der Waals surface area contributed by atoms with Crippen LogP contribution in [0.25, 0.3) is 0 Å². The van der Waals surface area contributed by atoms with Crippen LogP contribution < -0.4 is 5.32 Å². The minimum atomic E-state index is 0.627. The van der Waals surface area contributed by atoms with Crippen molar-refractivity contribution in [2.75, 3.05) is 32.4 Å². The Hall–Kier alpha value is 0.270. The maximum Gasteiger partial charge on any atom is 0.0282 e. The van der Waals surface area contributed by atoms with E-state index in [2.05, 4.69) is 35.2 Å². The van der Waals surface area contributed by atoms with Gasteiger partial charge in [0.2, 0.25) is 0 Å². The number of likely N-dealkylation sites (tertiary alicyclic amines) is 1. The molecular weight excluding hydrogens is 204 g/mol. The van der Waals surface area contributed by atoms with Crippen molar-refractivity contribution in [2.45, 2.75) is 43.4 Å². The zero-order valence-corrected chi connectivity index (χ0v) is 10.9. The van der Waals surface area contributed by atoms with Crippen LogP contribution in [0.5, 0.6) is 0 Å². The van der Waals surface area contributed by atoms with E-state index in [0.717, 1.165) is 6.04 Å². The first-order valence-corrected chi connectivity index (χ1v) is 7.51. The van der Waals surface area contributed by atoms with E-state index in [0.29, 0.717) is 4.75 Å². The van der Waals surface area contributed by atoms with Crippen LogP contribution in [0.1, 0.15) is 32.6 Å². The zero-order chi connectivity index (χ0) is 10.7. The molecule has 1 saturated heterocycles. The Morgan fingerprint density at radius 1 is 1.33 bits per heavy atom. The highest BCUT2D eigenvalue weighted by Gasteiger charge is 2.41. The summed E-state index contributed by atoms with van der Waals surface area (Å²) in [4.78, 5) is 2.56. The molecule has 1 N–H and O–H groups in total. The predicted molar refractivity (Wildman–Crippen MR) is 68.6 cm³/mol. The Balaban J connectivity index is 1.64. The monoisotopic (exact) mass is 228 g/mol. The number of nitrogens with one attached hydrogen (secondary N) is 1. The van der Waals surface area contributed by atoms with Crippen molar-refractivity contribution in [3.8, 4) is 0 Å². The molecule has 0 amide bonds. The minimum absolute atomic E-state index is 0.627. The van der Waals surface area contributed by atoms with E-state index >= 15 is 0 Å². The second-order valence-corrected chi connectivity index (χ2v) is 6.25. The Kier molecular flexibility index (Phi) is 3.97. The van der Waals surface area contributed by atoms with Gasteiger partial charge in [0.05, 0.1) is 0 Å². The molecule has 0 aromatic heterocycles. The van der Waals surface area contributed by atoms with E-state index in [9.17, 15) is 0 Å². The van der Waals surface area contributed by atoms with Crippen LogP contribution in [0.2, 0.25) is 0 Å². The maximum atomic E-state index is 3.77. The van der Waals surface area contributed by atoms with Gasteiger partial charge in [0.25, 0.3) is 0 Å².